The molecule has 0 saturated heterocycles. The molecule has 1 heterocycles. The van der Waals surface area contributed by atoms with E-state index in [1.807, 2.05) is 19.9 Å². The van der Waals surface area contributed by atoms with Crippen LogP contribution in [0.5, 0.6) is 0 Å². The molecule has 1 unspecified atom stereocenters. The molecule has 0 fully saturated rings. The Labute approximate surface area is 157 Å². The molecular formula is C17H22N4O3S2. The molecule has 0 radical (unpaired) electrons. The highest BCUT2D eigenvalue weighted by Crippen LogP contribution is 2.27. The molecule has 1 atom stereocenters. The van der Waals surface area contributed by atoms with E-state index in [1.165, 1.54) is 18.3 Å². The molecule has 0 aliphatic heterocycles. The maximum Gasteiger partial charge on any atom is 0.263 e. The van der Waals surface area contributed by atoms with Gasteiger partial charge in [0.25, 0.3) is 10.0 Å². The average Bonchev–Trinajstić information content (AvgIpc) is 3.01. The van der Waals surface area contributed by atoms with E-state index in [0.717, 1.165) is 29.0 Å². The number of hydrogen-bond donors (Lipinski definition) is 2. The second-order valence-corrected chi connectivity index (χ2v) is 9.47. The minimum atomic E-state index is -3.73. The topological polar surface area (TPSA) is 101 Å². The molecule has 1 aromatic heterocycles. The highest BCUT2D eigenvalue weighted by molar-refractivity contribution is 7.93. The Bertz CT molecular complexity index is 922. The zero-order chi connectivity index (χ0) is 18.9. The molecule has 1 aliphatic rings. The summed E-state index contributed by atoms with van der Waals surface area (Å²) >= 11 is 1.24. The van der Waals surface area contributed by atoms with Crippen LogP contribution < -0.4 is 10.0 Å². The molecule has 2 aromatic rings. The van der Waals surface area contributed by atoms with Crippen LogP contribution in [0.3, 0.4) is 0 Å². The number of aryl methyl sites for hydroxylation is 1. The lowest BCUT2D eigenvalue weighted by Crippen LogP contribution is -2.37. The van der Waals surface area contributed by atoms with E-state index in [4.69, 9.17) is 0 Å². The van der Waals surface area contributed by atoms with Gasteiger partial charge in [0, 0.05) is 18.9 Å². The van der Waals surface area contributed by atoms with Gasteiger partial charge in [-0.05, 0) is 42.5 Å². The van der Waals surface area contributed by atoms with Crippen LogP contribution in [0.15, 0.2) is 23.1 Å². The van der Waals surface area contributed by atoms with Crippen LogP contribution in [0.4, 0.5) is 5.13 Å². The molecule has 1 aliphatic carbocycles. The summed E-state index contributed by atoms with van der Waals surface area (Å²) in [6.07, 6.45) is 2.32. The number of aromatic nitrogens is 2. The number of carbonyl (C=O) groups excluding carboxylic acids is 1. The third-order valence-corrected chi connectivity index (χ3v) is 6.89. The smallest absolute Gasteiger partial charge is 0.263 e. The minimum absolute atomic E-state index is 0.0441. The van der Waals surface area contributed by atoms with Crippen LogP contribution in [0, 0.1) is 0 Å². The normalized spacial score (nSPS) is 17.0. The van der Waals surface area contributed by atoms with E-state index in [-0.39, 0.29) is 27.9 Å². The van der Waals surface area contributed by atoms with Crippen molar-refractivity contribution in [2.75, 3.05) is 4.72 Å². The van der Waals surface area contributed by atoms with Crippen molar-refractivity contribution in [3.63, 3.8) is 0 Å². The van der Waals surface area contributed by atoms with Crippen molar-refractivity contribution in [3.05, 3.63) is 34.3 Å². The largest absolute Gasteiger partial charge is 0.353 e. The second-order valence-electron chi connectivity index (χ2n) is 6.78. The van der Waals surface area contributed by atoms with Gasteiger partial charge in [0.1, 0.15) is 5.01 Å². The molecule has 9 heteroatoms. The lowest BCUT2D eigenvalue weighted by atomic mass is 9.88. The van der Waals surface area contributed by atoms with Gasteiger partial charge in [-0.25, -0.2) is 8.42 Å². The van der Waals surface area contributed by atoms with E-state index >= 15 is 0 Å². The van der Waals surface area contributed by atoms with Gasteiger partial charge in [0.2, 0.25) is 11.0 Å². The number of hydrogen-bond acceptors (Lipinski definition) is 6. The van der Waals surface area contributed by atoms with Gasteiger partial charge in [-0.1, -0.05) is 31.3 Å². The first kappa shape index (κ1) is 18.8. The number of sulfonamides is 1. The number of nitrogens with zero attached hydrogens (tertiary/aromatic N) is 2. The Balaban J connectivity index is 1.81. The van der Waals surface area contributed by atoms with Crippen molar-refractivity contribution in [3.8, 4) is 0 Å². The Morgan fingerprint density at radius 1 is 1.27 bits per heavy atom. The van der Waals surface area contributed by atoms with E-state index in [2.05, 4.69) is 20.2 Å². The van der Waals surface area contributed by atoms with Crippen LogP contribution >= 0.6 is 11.3 Å². The summed E-state index contributed by atoms with van der Waals surface area (Å²) in [5.74, 6) is 0.126. The number of amides is 1. The molecule has 0 saturated carbocycles. The number of rotatable bonds is 5. The zero-order valence-corrected chi connectivity index (χ0v) is 16.6. The van der Waals surface area contributed by atoms with Crippen molar-refractivity contribution < 1.29 is 13.2 Å². The van der Waals surface area contributed by atoms with Crippen molar-refractivity contribution >= 4 is 32.4 Å². The molecule has 3 rings (SSSR count). The monoisotopic (exact) mass is 394 g/mol. The maximum atomic E-state index is 12.7. The standard InChI is InChI=1S/C17H22N4O3S2/c1-10(2)16-19-20-17(25-16)21-26(23,24)15-7-5-12-4-6-14(18-11(3)22)8-13(12)9-15/h5,7,9-10,14H,4,6,8H2,1-3H3,(H,18,22)(H,20,21). The Hall–Kier alpha value is -2.00. The summed E-state index contributed by atoms with van der Waals surface area (Å²) in [5.41, 5.74) is 2.08. The highest BCUT2D eigenvalue weighted by Gasteiger charge is 2.23. The van der Waals surface area contributed by atoms with E-state index in [1.54, 1.807) is 12.1 Å². The molecule has 0 spiro atoms. The fourth-order valence-electron chi connectivity index (χ4n) is 2.99. The third kappa shape index (κ3) is 4.21. The number of carbonyl (C=O) groups is 1. The number of nitrogens with one attached hydrogen (secondary N) is 2. The van der Waals surface area contributed by atoms with Crippen LogP contribution in [-0.4, -0.2) is 30.6 Å². The van der Waals surface area contributed by atoms with Crippen LogP contribution in [-0.2, 0) is 27.7 Å². The van der Waals surface area contributed by atoms with Crippen molar-refractivity contribution in [2.24, 2.45) is 0 Å². The van der Waals surface area contributed by atoms with Gasteiger partial charge >= 0.3 is 0 Å². The van der Waals surface area contributed by atoms with Gasteiger partial charge in [-0.2, -0.15) is 0 Å². The quantitative estimate of drug-likeness (QED) is 0.811. The summed E-state index contributed by atoms with van der Waals surface area (Å²) in [6.45, 7) is 5.45. The lowest BCUT2D eigenvalue weighted by molar-refractivity contribution is -0.119. The number of fused-ring (bicyclic) bond motifs is 1. The van der Waals surface area contributed by atoms with Gasteiger partial charge in [0.05, 0.1) is 4.90 Å². The Morgan fingerprint density at radius 2 is 2.04 bits per heavy atom. The Morgan fingerprint density at radius 3 is 2.69 bits per heavy atom. The van der Waals surface area contributed by atoms with Crippen LogP contribution in [0.2, 0.25) is 0 Å². The summed E-state index contributed by atoms with van der Waals surface area (Å²) in [6, 6.07) is 5.20. The lowest BCUT2D eigenvalue weighted by Gasteiger charge is -2.25. The van der Waals surface area contributed by atoms with E-state index in [9.17, 15) is 13.2 Å². The first-order valence-corrected chi connectivity index (χ1v) is 10.8. The van der Waals surface area contributed by atoms with Gasteiger partial charge in [0.15, 0.2) is 0 Å². The fourth-order valence-corrected chi connectivity index (χ4v) is 5.02. The second kappa shape index (κ2) is 7.32. The highest BCUT2D eigenvalue weighted by atomic mass is 32.2. The van der Waals surface area contributed by atoms with E-state index in [0.29, 0.717) is 6.42 Å². The van der Waals surface area contributed by atoms with Gasteiger partial charge in [-0.15, -0.1) is 10.2 Å². The van der Waals surface area contributed by atoms with Crippen LogP contribution in [0.1, 0.15) is 49.2 Å². The fraction of sp³-hybridized carbons (Fsp3) is 0.471. The minimum Gasteiger partial charge on any atom is -0.353 e. The Kier molecular flexibility index (Phi) is 5.29. The maximum absolute atomic E-state index is 12.7. The number of anilines is 1. The van der Waals surface area contributed by atoms with Crippen molar-refractivity contribution in [2.45, 2.75) is 56.9 Å². The third-order valence-electron chi connectivity index (χ3n) is 4.28. The molecule has 2 N–H and O–H groups in total. The SMILES string of the molecule is CC(=O)NC1CCc2ccc(S(=O)(=O)Nc3nnc(C(C)C)s3)cc2C1. The van der Waals surface area contributed by atoms with Gasteiger partial charge < -0.3 is 5.32 Å². The van der Waals surface area contributed by atoms with Gasteiger partial charge in [-0.3, -0.25) is 9.52 Å². The molecular weight excluding hydrogens is 372 g/mol. The molecule has 1 amide bonds. The molecule has 26 heavy (non-hydrogen) atoms. The van der Waals surface area contributed by atoms with E-state index < -0.39 is 10.0 Å². The van der Waals surface area contributed by atoms with Crippen LogP contribution in [0.25, 0.3) is 0 Å². The average molecular weight is 395 g/mol. The zero-order valence-electron chi connectivity index (χ0n) is 14.9. The summed E-state index contributed by atoms with van der Waals surface area (Å²) < 4.78 is 27.9. The summed E-state index contributed by atoms with van der Waals surface area (Å²) in [4.78, 5) is 11.5. The van der Waals surface area contributed by atoms with Crippen molar-refractivity contribution in [1.82, 2.24) is 15.5 Å². The summed E-state index contributed by atoms with van der Waals surface area (Å²) in [7, 11) is -3.73. The molecule has 0 bridgehead atoms. The first-order chi connectivity index (χ1) is 12.2. The predicted octanol–water partition coefficient (Wildman–Crippen LogP) is 2.46. The molecule has 140 valence electrons. The predicted molar refractivity (Wildman–Crippen MR) is 101 cm³/mol. The molecule has 7 nitrogen and oxygen atoms in total. The summed E-state index contributed by atoms with van der Waals surface area (Å²) in [5, 5.41) is 11.9. The molecule has 1 aromatic carbocycles. The number of benzene rings is 1. The van der Waals surface area contributed by atoms with Crippen molar-refractivity contribution in [1.29, 1.82) is 0 Å². The first-order valence-electron chi connectivity index (χ1n) is 8.49.